The number of nitrogens with zero attached hydrogens (tertiary/aromatic N) is 4. The monoisotopic (exact) mass is 491 g/mol. The summed E-state index contributed by atoms with van der Waals surface area (Å²) in [7, 11) is 0. The molecule has 12 nitrogen and oxygen atoms in total. The standard InChI is InChI=1S/C23H37N7O5/c1-23(2,3)35-22(32)27-17-9-7-16(8-10-17)13-24-20-18(30(33)34)14-25-21(28-20)26-15-19(31)29-11-5-4-6-12-29/h14,16-17H,4-13,15H2,1-3H3,(H,27,32)(H2,24,25,26,28). The van der Waals surface area contributed by atoms with E-state index in [1.165, 1.54) is 0 Å². The molecule has 0 spiro atoms. The summed E-state index contributed by atoms with van der Waals surface area (Å²) in [6.07, 6.45) is 7.24. The fourth-order valence-electron chi connectivity index (χ4n) is 4.36. The first kappa shape index (κ1) is 26.4. The summed E-state index contributed by atoms with van der Waals surface area (Å²) in [5.41, 5.74) is -0.746. The molecule has 0 radical (unpaired) electrons. The van der Waals surface area contributed by atoms with Crippen molar-refractivity contribution < 1.29 is 19.2 Å². The van der Waals surface area contributed by atoms with Crippen molar-refractivity contribution in [3.05, 3.63) is 16.3 Å². The Balaban J connectivity index is 1.49. The topological polar surface area (TPSA) is 152 Å². The molecule has 0 aromatic carbocycles. The van der Waals surface area contributed by atoms with Gasteiger partial charge in [-0.05, 0) is 71.6 Å². The summed E-state index contributed by atoms with van der Waals surface area (Å²) in [4.78, 5) is 45.4. The molecule has 2 fully saturated rings. The zero-order chi connectivity index (χ0) is 25.4. The van der Waals surface area contributed by atoms with Gasteiger partial charge in [-0.3, -0.25) is 14.9 Å². The summed E-state index contributed by atoms with van der Waals surface area (Å²) in [6.45, 7) is 7.56. The van der Waals surface area contributed by atoms with Gasteiger partial charge in [-0.1, -0.05) is 0 Å². The predicted molar refractivity (Wildman–Crippen MR) is 131 cm³/mol. The van der Waals surface area contributed by atoms with Gasteiger partial charge in [0, 0.05) is 25.7 Å². The molecule has 1 saturated carbocycles. The fourth-order valence-corrected chi connectivity index (χ4v) is 4.36. The number of amides is 2. The van der Waals surface area contributed by atoms with Gasteiger partial charge in [-0.2, -0.15) is 4.98 Å². The van der Waals surface area contributed by atoms with Crippen molar-refractivity contribution in [1.82, 2.24) is 20.2 Å². The van der Waals surface area contributed by atoms with Gasteiger partial charge in [0.25, 0.3) is 0 Å². The van der Waals surface area contributed by atoms with Gasteiger partial charge in [-0.25, -0.2) is 9.78 Å². The molecule has 1 aromatic heterocycles. The van der Waals surface area contributed by atoms with Crippen molar-refractivity contribution in [2.24, 2.45) is 5.92 Å². The van der Waals surface area contributed by atoms with Crippen molar-refractivity contribution >= 4 is 29.5 Å². The Kier molecular flexibility index (Phi) is 9.05. The minimum Gasteiger partial charge on any atom is -0.444 e. The van der Waals surface area contributed by atoms with E-state index in [9.17, 15) is 19.7 Å². The Morgan fingerprint density at radius 2 is 1.83 bits per heavy atom. The molecular weight excluding hydrogens is 454 g/mol. The number of aromatic nitrogens is 2. The van der Waals surface area contributed by atoms with E-state index in [1.54, 1.807) is 0 Å². The Hall–Kier alpha value is -3.18. The Labute approximate surface area is 205 Å². The largest absolute Gasteiger partial charge is 0.444 e. The minimum atomic E-state index is -0.536. The Morgan fingerprint density at radius 1 is 1.14 bits per heavy atom. The van der Waals surface area contributed by atoms with Crippen LogP contribution in [0.4, 0.5) is 22.2 Å². The van der Waals surface area contributed by atoms with Crippen LogP contribution >= 0.6 is 0 Å². The Bertz CT molecular complexity index is 891. The lowest BCUT2D eigenvalue weighted by Crippen LogP contribution is -2.41. The van der Waals surface area contributed by atoms with E-state index in [-0.39, 0.29) is 35.9 Å². The number of ether oxygens (including phenoxy) is 1. The van der Waals surface area contributed by atoms with Crippen molar-refractivity contribution in [1.29, 1.82) is 0 Å². The summed E-state index contributed by atoms with van der Waals surface area (Å²) < 4.78 is 5.32. The van der Waals surface area contributed by atoms with Crippen molar-refractivity contribution in [2.45, 2.75) is 77.4 Å². The molecule has 12 heteroatoms. The molecule has 2 heterocycles. The van der Waals surface area contributed by atoms with E-state index in [1.807, 2.05) is 25.7 Å². The molecule has 3 N–H and O–H groups in total. The first-order valence-electron chi connectivity index (χ1n) is 12.4. The van der Waals surface area contributed by atoms with Crippen LogP contribution in [0.2, 0.25) is 0 Å². The molecule has 1 aromatic rings. The average molecular weight is 492 g/mol. The number of likely N-dealkylation sites (tertiary alicyclic amines) is 1. The number of hydrogen-bond acceptors (Lipinski definition) is 9. The third-order valence-electron chi connectivity index (χ3n) is 6.20. The molecule has 0 unspecified atom stereocenters. The van der Waals surface area contributed by atoms with Gasteiger partial charge in [0.1, 0.15) is 11.8 Å². The molecular formula is C23H37N7O5. The molecule has 2 amide bonds. The number of nitrogens with one attached hydrogen (secondary N) is 3. The lowest BCUT2D eigenvalue weighted by atomic mass is 9.86. The van der Waals surface area contributed by atoms with Crippen LogP contribution in [-0.2, 0) is 9.53 Å². The van der Waals surface area contributed by atoms with Crippen LogP contribution < -0.4 is 16.0 Å². The van der Waals surface area contributed by atoms with Gasteiger partial charge in [0.2, 0.25) is 17.7 Å². The van der Waals surface area contributed by atoms with Gasteiger partial charge in [-0.15, -0.1) is 0 Å². The number of piperidine rings is 1. The van der Waals surface area contributed by atoms with Crippen LogP contribution in [0, 0.1) is 16.0 Å². The van der Waals surface area contributed by atoms with E-state index in [4.69, 9.17) is 4.74 Å². The molecule has 1 saturated heterocycles. The second kappa shape index (κ2) is 12.0. The second-order valence-electron chi connectivity index (χ2n) is 10.2. The highest BCUT2D eigenvalue weighted by Gasteiger charge is 2.26. The van der Waals surface area contributed by atoms with Crippen molar-refractivity contribution in [3.63, 3.8) is 0 Å². The van der Waals surface area contributed by atoms with Crippen LogP contribution in [-0.4, -0.2) is 69.6 Å². The maximum Gasteiger partial charge on any atom is 0.407 e. The first-order valence-corrected chi connectivity index (χ1v) is 12.4. The van der Waals surface area contributed by atoms with Crippen LogP contribution in [0.5, 0.6) is 0 Å². The van der Waals surface area contributed by atoms with Gasteiger partial charge in [0.15, 0.2) is 0 Å². The highest BCUT2D eigenvalue weighted by Crippen LogP contribution is 2.27. The highest BCUT2D eigenvalue weighted by atomic mass is 16.6. The predicted octanol–water partition coefficient (Wildman–Crippen LogP) is 3.30. The lowest BCUT2D eigenvalue weighted by molar-refractivity contribution is -0.384. The minimum absolute atomic E-state index is 0.0297. The van der Waals surface area contributed by atoms with Gasteiger partial charge >= 0.3 is 11.8 Å². The smallest absolute Gasteiger partial charge is 0.407 e. The van der Waals surface area contributed by atoms with E-state index in [0.29, 0.717) is 12.5 Å². The van der Waals surface area contributed by atoms with Crippen LogP contribution in [0.15, 0.2) is 6.20 Å². The molecule has 3 rings (SSSR count). The molecule has 0 atom stereocenters. The SMILES string of the molecule is CC(C)(C)OC(=O)NC1CCC(CNc2nc(NCC(=O)N3CCCCC3)ncc2[N+](=O)[O-])CC1. The average Bonchev–Trinajstić information content (AvgIpc) is 2.81. The lowest BCUT2D eigenvalue weighted by Gasteiger charge is -2.30. The summed E-state index contributed by atoms with van der Waals surface area (Å²) >= 11 is 0. The number of carbonyl (C=O) groups is 2. The highest BCUT2D eigenvalue weighted by molar-refractivity contribution is 5.80. The third-order valence-corrected chi connectivity index (χ3v) is 6.20. The van der Waals surface area contributed by atoms with Gasteiger partial charge in [0.05, 0.1) is 11.5 Å². The number of anilines is 2. The number of hydrogen-bond donors (Lipinski definition) is 3. The van der Waals surface area contributed by atoms with E-state index in [2.05, 4.69) is 25.9 Å². The number of alkyl carbamates (subject to hydrolysis) is 1. The summed E-state index contributed by atoms with van der Waals surface area (Å²) in [5, 5.41) is 20.4. The zero-order valence-corrected chi connectivity index (χ0v) is 20.8. The zero-order valence-electron chi connectivity index (χ0n) is 20.8. The van der Waals surface area contributed by atoms with E-state index in [0.717, 1.165) is 64.2 Å². The van der Waals surface area contributed by atoms with E-state index >= 15 is 0 Å². The molecule has 194 valence electrons. The second-order valence-corrected chi connectivity index (χ2v) is 10.2. The maximum atomic E-state index is 12.4. The Morgan fingerprint density at radius 3 is 2.46 bits per heavy atom. The third kappa shape index (κ3) is 8.52. The quantitative estimate of drug-likeness (QED) is 0.367. The summed E-state index contributed by atoms with van der Waals surface area (Å²) in [6, 6.07) is 0.0581. The molecule has 35 heavy (non-hydrogen) atoms. The normalized spacial score (nSPS) is 20.6. The van der Waals surface area contributed by atoms with Crippen molar-refractivity contribution in [2.75, 3.05) is 36.8 Å². The summed E-state index contributed by atoms with van der Waals surface area (Å²) in [5.74, 6) is 0.567. The van der Waals surface area contributed by atoms with E-state index < -0.39 is 16.6 Å². The van der Waals surface area contributed by atoms with Crippen LogP contribution in [0.1, 0.15) is 65.7 Å². The number of nitro groups is 1. The van der Waals surface area contributed by atoms with Gasteiger partial charge < -0.3 is 25.6 Å². The molecule has 2 aliphatic rings. The molecule has 1 aliphatic heterocycles. The maximum absolute atomic E-state index is 12.4. The fraction of sp³-hybridized carbons (Fsp3) is 0.739. The molecule has 1 aliphatic carbocycles. The van der Waals surface area contributed by atoms with Crippen molar-refractivity contribution in [3.8, 4) is 0 Å². The van der Waals surface area contributed by atoms with Crippen LogP contribution in [0.25, 0.3) is 0 Å². The van der Waals surface area contributed by atoms with Crippen LogP contribution in [0.3, 0.4) is 0 Å². The number of carbonyl (C=O) groups excluding carboxylic acids is 2. The molecule has 0 bridgehead atoms. The number of rotatable bonds is 8. The first-order chi connectivity index (χ1) is 16.6.